The number of aromatic amines is 1. The summed E-state index contributed by atoms with van der Waals surface area (Å²) in [5.41, 5.74) is 0.813. The molecule has 1 atom stereocenters. The number of fused-ring (bicyclic) bond motifs is 3. The lowest BCUT2D eigenvalue weighted by Crippen LogP contribution is -2.42. The van der Waals surface area contributed by atoms with Crippen LogP contribution < -0.4 is 5.56 Å². The molecule has 3 heterocycles. The van der Waals surface area contributed by atoms with Crippen LogP contribution in [0.1, 0.15) is 40.3 Å². The molecule has 8 heteroatoms. The van der Waals surface area contributed by atoms with Gasteiger partial charge in [-0.2, -0.15) is 0 Å². The van der Waals surface area contributed by atoms with Crippen LogP contribution in [0.15, 0.2) is 4.79 Å². The van der Waals surface area contributed by atoms with Crippen LogP contribution in [-0.2, 0) is 22.4 Å². The van der Waals surface area contributed by atoms with Gasteiger partial charge in [-0.25, -0.2) is 9.78 Å². The third kappa shape index (κ3) is 2.24. The van der Waals surface area contributed by atoms with Gasteiger partial charge in [0.05, 0.1) is 12.5 Å². The molecule has 2 aromatic heterocycles. The van der Waals surface area contributed by atoms with Gasteiger partial charge in [0.1, 0.15) is 10.9 Å². The average Bonchev–Trinajstić information content (AvgIpc) is 3.27. The Labute approximate surface area is 141 Å². The summed E-state index contributed by atoms with van der Waals surface area (Å²) in [5, 5.41) is 0.620. The summed E-state index contributed by atoms with van der Waals surface area (Å²) in [4.78, 5) is 47.3. The first-order valence-electron chi connectivity index (χ1n) is 8.03. The van der Waals surface area contributed by atoms with E-state index in [9.17, 15) is 14.4 Å². The Balaban J connectivity index is 1.73. The fourth-order valence-corrected chi connectivity index (χ4v) is 4.89. The smallest absolute Gasteiger partial charge is 0.328 e. The standard InChI is InChI=1S/C16H17N3O4S/c1-23-16(22)9-5-3-7-19(9)15(21)12-17-13(20)11-8-4-2-6-10(8)24-14(11)18-12/h9H,2-7H2,1H3,(H,17,18,20)/t9-/m0/s1. The molecule has 1 aliphatic carbocycles. The highest BCUT2D eigenvalue weighted by molar-refractivity contribution is 7.18. The first-order valence-corrected chi connectivity index (χ1v) is 8.85. The minimum atomic E-state index is -0.600. The summed E-state index contributed by atoms with van der Waals surface area (Å²) < 4.78 is 4.76. The van der Waals surface area contributed by atoms with Crippen molar-refractivity contribution in [2.45, 2.75) is 38.1 Å². The maximum absolute atomic E-state index is 12.7. The highest BCUT2D eigenvalue weighted by atomic mass is 32.1. The second kappa shape index (κ2) is 5.70. The molecule has 0 aromatic carbocycles. The Morgan fingerprint density at radius 2 is 2.17 bits per heavy atom. The second-order valence-electron chi connectivity index (χ2n) is 6.13. The zero-order chi connectivity index (χ0) is 16.8. The van der Waals surface area contributed by atoms with E-state index in [2.05, 4.69) is 9.97 Å². The van der Waals surface area contributed by atoms with Gasteiger partial charge in [0.2, 0.25) is 5.82 Å². The Bertz CT molecular complexity index is 901. The Hall–Kier alpha value is -2.22. The van der Waals surface area contributed by atoms with Gasteiger partial charge < -0.3 is 14.6 Å². The SMILES string of the molecule is COC(=O)[C@@H]1CCCN1C(=O)c1nc2sc3c(c2c(=O)[nH]1)CCC3. The Morgan fingerprint density at radius 1 is 1.33 bits per heavy atom. The van der Waals surface area contributed by atoms with Crippen molar-refractivity contribution in [2.24, 2.45) is 0 Å². The molecule has 0 radical (unpaired) electrons. The van der Waals surface area contributed by atoms with Crippen LogP contribution in [0.4, 0.5) is 0 Å². The number of carbonyl (C=O) groups excluding carboxylic acids is 2. The maximum Gasteiger partial charge on any atom is 0.328 e. The number of rotatable bonds is 2. The number of aryl methyl sites for hydroxylation is 2. The lowest BCUT2D eigenvalue weighted by atomic mass is 10.2. The molecular formula is C16H17N3O4S. The van der Waals surface area contributed by atoms with E-state index < -0.39 is 17.9 Å². The zero-order valence-corrected chi connectivity index (χ0v) is 14.1. The summed E-state index contributed by atoms with van der Waals surface area (Å²) in [6.07, 6.45) is 4.22. The summed E-state index contributed by atoms with van der Waals surface area (Å²) in [5.74, 6) is -0.849. The highest BCUT2D eigenvalue weighted by Gasteiger charge is 2.36. The molecular weight excluding hydrogens is 330 g/mol. The molecule has 2 aliphatic rings. The number of thiophene rings is 1. The molecule has 24 heavy (non-hydrogen) atoms. The first-order chi connectivity index (χ1) is 11.6. The number of nitrogens with one attached hydrogen (secondary N) is 1. The summed E-state index contributed by atoms with van der Waals surface area (Å²) in [6, 6.07) is -0.600. The Morgan fingerprint density at radius 3 is 2.96 bits per heavy atom. The third-order valence-electron chi connectivity index (χ3n) is 4.76. The number of esters is 1. The molecule has 1 fully saturated rings. The molecule has 0 spiro atoms. The van der Waals surface area contributed by atoms with Crippen molar-refractivity contribution in [3.63, 3.8) is 0 Å². The fraction of sp³-hybridized carbons (Fsp3) is 0.500. The van der Waals surface area contributed by atoms with Gasteiger partial charge >= 0.3 is 5.97 Å². The molecule has 2 aromatic rings. The lowest BCUT2D eigenvalue weighted by molar-refractivity contribution is -0.145. The number of carbonyl (C=O) groups is 2. The highest BCUT2D eigenvalue weighted by Crippen LogP contribution is 2.34. The van der Waals surface area contributed by atoms with Gasteiger partial charge in [-0.3, -0.25) is 9.59 Å². The normalized spacial score (nSPS) is 19.7. The van der Waals surface area contributed by atoms with Gasteiger partial charge in [-0.1, -0.05) is 0 Å². The number of likely N-dealkylation sites (tertiary alicyclic amines) is 1. The van der Waals surface area contributed by atoms with Crippen LogP contribution >= 0.6 is 11.3 Å². The van der Waals surface area contributed by atoms with E-state index in [0.717, 1.165) is 31.2 Å². The topological polar surface area (TPSA) is 92.4 Å². The maximum atomic E-state index is 12.7. The number of H-pyrrole nitrogens is 1. The van der Waals surface area contributed by atoms with Crippen LogP contribution in [0.5, 0.6) is 0 Å². The van der Waals surface area contributed by atoms with E-state index in [-0.39, 0.29) is 11.4 Å². The van der Waals surface area contributed by atoms with Crippen LogP contribution in [0.25, 0.3) is 10.2 Å². The molecule has 126 valence electrons. The molecule has 4 rings (SSSR count). The zero-order valence-electron chi connectivity index (χ0n) is 13.3. The number of hydrogen-bond donors (Lipinski definition) is 1. The van der Waals surface area contributed by atoms with E-state index >= 15 is 0 Å². The van der Waals surface area contributed by atoms with Gasteiger partial charge in [0.25, 0.3) is 11.5 Å². The largest absolute Gasteiger partial charge is 0.467 e. The van der Waals surface area contributed by atoms with E-state index in [0.29, 0.717) is 23.2 Å². The van der Waals surface area contributed by atoms with Gasteiger partial charge in [0.15, 0.2) is 0 Å². The van der Waals surface area contributed by atoms with Crippen LogP contribution in [0.2, 0.25) is 0 Å². The van der Waals surface area contributed by atoms with Crippen LogP contribution in [0.3, 0.4) is 0 Å². The van der Waals surface area contributed by atoms with E-state index in [4.69, 9.17) is 4.74 Å². The quantitative estimate of drug-likeness (QED) is 0.826. The number of methoxy groups -OCH3 is 1. The number of aromatic nitrogens is 2. The number of hydrogen-bond acceptors (Lipinski definition) is 6. The van der Waals surface area contributed by atoms with Crippen molar-refractivity contribution >= 4 is 33.4 Å². The monoisotopic (exact) mass is 347 g/mol. The van der Waals surface area contributed by atoms with Crippen molar-refractivity contribution < 1.29 is 14.3 Å². The number of nitrogens with zero attached hydrogens (tertiary/aromatic N) is 2. The van der Waals surface area contributed by atoms with Gasteiger partial charge in [-0.05, 0) is 37.7 Å². The first kappa shape index (κ1) is 15.3. The van der Waals surface area contributed by atoms with Crippen LogP contribution in [-0.4, -0.2) is 46.4 Å². The second-order valence-corrected chi connectivity index (χ2v) is 7.22. The molecule has 1 amide bonds. The molecule has 1 saturated heterocycles. The van der Waals surface area contributed by atoms with Gasteiger partial charge in [0, 0.05) is 11.4 Å². The summed E-state index contributed by atoms with van der Waals surface area (Å²) in [7, 11) is 1.31. The van der Waals surface area contributed by atoms with Crippen LogP contribution in [0, 0.1) is 0 Å². The number of ether oxygens (including phenoxy) is 1. The van der Waals surface area contributed by atoms with E-state index in [1.165, 1.54) is 28.2 Å². The van der Waals surface area contributed by atoms with Crippen molar-refractivity contribution in [1.29, 1.82) is 0 Å². The molecule has 1 aliphatic heterocycles. The van der Waals surface area contributed by atoms with Crippen molar-refractivity contribution in [3.05, 3.63) is 26.6 Å². The van der Waals surface area contributed by atoms with Crippen molar-refractivity contribution in [3.8, 4) is 0 Å². The molecule has 0 saturated carbocycles. The molecule has 0 unspecified atom stereocenters. The van der Waals surface area contributed by atoms with E-state index in [1.54, 1.807) is 0 Å². The predicted molar refractivity (Wildman–Crippen MR) is 88.3 cm³/mol. The fourth-order valence-electron chi connectivity index (χ4n) is 3.63. The average molecular weight is 347 g/mol. The third-order valence-corrected chi connectivity index (χ3v) is 5.95. The van der Waals surface area contributed by atoms with Crippen molar-refractivity contribution in [1.82, 2.24) is 14.9 Å². The summed E-state index contributed by atoms with van der Waals surface area (Å²) in [6.45, 7) is 0.460. The Kier molecular flexibility index (Phi) is 3.64. The summed E-state index contributed by atoms with van der Waals surface area (Å²) >= 11 is 1.49. The molecule has 1 N–H and O–H groups in total. The number of amides is 1. The van der Waals surface area contributed by atoms with Gasteiger partial charge in [-0.15, -0.1) is 11.3 Å². The predicted octanol–water partition coefficient (Wildman–Crippen LogP) is 1.25. The lowest BCUT2D eigenvalue weighted by Gasteiger charge is -2.21. The minimum absolute atomic E-state index is 0.00299. The molecule has 7 nitrogen and oxygen atoms in total. The minimum Gasteiger partial charge on any atom is -0.467 e. The molecule has 0 bridgehead atoms. The van der Waals surface area contributed by atoms with Crippen molar-refractivity contribution in [2.75, 3.05) is 13.7 Å². The van der Waals surface area contributed by atoms with E-state index in [1.807, 2.05) is 0 Å².